The molecule has 0 N–H and O–H groups in total. The lowest BCUT2D eigenvalue weighted by atomic mass is 9.81. The van der Waals surface area contributed by atoms with Crippen molar-refractivity contribution in [2.75, 3.05) is 0 Å². The van der Waals surface area contributed by atoms with Gasteiger partial charge in [-0.2, -0.15) is 0 Å². The van der Waals surface area contributed by atoms with Gasteiger partial charge in [0.2, 0.25) is 0 Å². The van der Waals surface area contributed by atoms with E-state index in [2.05, 4.69) is 32.2 Å². The minimum Gasteiger partial charge on any atom is -0.113 e. The lowest BCUT2D eigenvalue weighted by Crippen LogP contribution is -2.15. The zero-order valence-electron chi connectivity index (χ0n) is 7.73. The minimum absolute atomic E-state index is 0.452. The van der Waals surface area contributed by atoms with Crippen molar-refractivity contribution < 1.29 is 0 Å². The summed E-state index contributed by atoms with van der Waals surface area (Å²) < 4.78 is 0. The van der Waals surface area contributed by atoms with E-state index in [9.17, 15) is 0 Å². The Bertz CT molecular complexity index is 244. The van der Waals surface area contributed by atoms with Crippen molar-refractivity contribution in [2.24, 2.45) is 11.8 Å². The fourth-order valence-electron chi connectivity index (χ4n) is 1.78. The van der Waals surface area contributed by atoms with Gasteiger partial charge in [0.15, 0.2) is 0 Å². The summed E-state index contributed by atoms with van der Waals surface area (Å²) in [5.41, 5.74) is 4.26. The average molecular weight is 183 g/mol. The molecule has 0 aliphatic heterocycles. The highest BCUT2D eigenvalue weighted by molar-refractivity contribution is 6.29. The van der Waals surface area contributed by atoms with Crippen LogP contribution in [-0.2, 0) is 0 Å². The number of hydrogen-bond acceptors (Lipinski definition) is 0. The van der Waals surface area contributed by atoms with Gasteiger partial charge in [0.05, 0.1) is 5.03 Å². The van der Waals surface area contributed by atoms with Gasteiger partial charge in [0.25, 0.3) is 0 Å². The van der Waals surface area contributed by atoms with Crippen LogP contribution in [0.2, 0.25) is 0 Å². The lowest BCUT2D eigenvalue weighted by Gasteiger charge is -2.26. The highest BCUT2D eigenvalue weighted by Crippen LogP contribution is 2.35. The van der Waals surface area contributed by atoms with Crippen LogP contribution < -0.4 is 0 Å². The van der Waals surface area contributed by atoms with Gasteiger partial charge < -0.3 is 0 Å². The molecule has 1 aliphatic carbocycles. The number of rotatable bonds is 1. The Morgan fingerprint density at radius 1 is 1.75 bits per heavy atom. The van der Waals surface area contributed by atoms with Gasteiger partial charge >= 0.3 is 0 Å². The topological polar surface area (TPSA) is 0 Å². The Morgan fingerprint density at radius 3 is 2.92 bits per heavy atom. The summed E-state index contributed by atoms with van der Waals surface area (Å²) in [6.45, 7) is 7.99. The zero-order valence-corrected chi connectivity index (χ0v) is 8.49. The van der Waals surface area contributed by atoms with Crippen LogP contribution in [0, 0.1) is 11.8 Å². The first-order valence-corrected chi connectivity index (χ1v) is 4.74. The molecule has 1 aliphatic rings. The Morgan fingerprint density at radius 2 is 2.42 bits per heavy atom. The third-order valence-corrected chi connectivity index (χ3v) is 2.96. The molecule has 2 atom stereocenters. The first-order valence-electron chi connectivity index (χ1n) is 4.36. The molecule has 0 bridgehead atoms. The molecule has 0 radical (unpaired) electrons. The summed E-state index contributed by atoms with van der Waals surface area (Å²) in [5.74, 6) is 1.09. The molecule has 0 aromatic rings. The Hall–Kier alpha value is -0.450. The molecule has 0 unspecified atom stereocenters. The van der Waals surface area contributed by atoms with Gasteiger partial charge in [0, 0.05) is 5.92 Å². The highest BCUT2D eigenvalue weighted by Gasteiger charge is 2.22. The molecular formula is C11H15Cl. The van der Waals surface area contributed by atoms with Gasteiger partial charge in [0.1, 0.15) is 0 Å². The third-order valence-electron chi connectivity index (χ3n) is 2.55. The molecule has 0 aromatic carbocycles. The standard InChI is InChI=1S/C11H15Cl/c1-4-11(12)10-6-5-8(2)7-9(10)3/h5,9-10H,1,6-7H2,2-3H3/t9-,10-/m0/s1. The van der Waals surface area contributed by atoms with Crippen LogP contribution in [0.5, 0.6) is 0 Å². The first kappa shape index (κ1) is 9.64. The first-order chi connectivity index (χ1) is 5.65. The second-order valence-corrected chi connectivity index (χ2v) is 4.01. The van der Waals surface area contributed by atoms with Crippen molar-refractivity contribution >= 4 is 11.6 Å². The van der Waals surface area contributed by atoms with E-state index in [0.717, 1.165) is 17.9 Å². The molecule has 0 spiro atoms. The minimum atomic E-state index is 0.452. The summed E-state index contributed by atoms with van der Waals surface area (Å²) in [4.78, 5) is 0. The fourth-order valence-corrected chi connectivity index (χ4v) is 2.08. The largest absolute Gasteiger partial charge is 0.113 e. The van der Waals surface area contributed by atoms with E-state index in [-0.39, 0.29) is 0 Å². The summed E-state index contributed by atoms with van der Waals surface area (Å²) in [6.07, 6.45) is 4.47. The second kappa shape index (κ2) is 3.98. The van der Waals surface area contributed by atoms with Gasteiger partial charge in [-0.05, 0) is 25.7 Å². The second-order valence-electron chi connectivity index (χ2n) is 3.60. The molecule has 0 amide bonds. The molecule has 1 rings (SSSR count). The molecule has 12 heavy (non-hydrogen) atoms. The van der Waals surface area contributed by atoms with Crippen molar-refractivity contribution in [3.8, 4) is 0 Å². The van der Waals surface area contributed by atoms with Crippen LogP contribution in [0.3, 0.4) is 0 Å². The molecule has 66 valence electrons. The summed E-state index contributed by atoms with van der Waals surface area (Å²) in [5, 5.41) is 0.797. The Kier molecular flexibility index (Phi) is 3.20. The molecule has 0 nitrogen and oxygen atoms in total. The number of halogens is 1. The zero-order chi connectivity index (χ0) is 9.14. The Balaban J connectivity index is 2.76. The monoisotopic (exact) mass is 182 g/mol. The summed E-state index contributed by atoms with van der Waals surface area (Å²) in [6, 6.07) is 0. The van der Waals surface area contributed by atoms with E-state index in [1.165, 1.54) is 5.57 Å². The quantitative estimate of drug-likeness (QED) is 0.427. The van der Waals surface area contributed by atoms with Crippen LogP contribution >= 0.6 is 11.6 Å². The number of hydrogen-bond donors (Lipinski definition) is 0. The molecular weight excluding hydrogens is 168 g/mol. The normalized spacial score (nSPS) is 29.1. The van der Waals surface area contributed by atoms with E-state index in [1.54, 1.807) is 0 Å². The van der Waals surface area contributed by atoms with Gasteiger partial charge in [-0.1, -0.05) is 36.8 Å². The lowest BCUT2D eigenvalue weighted by molar-refractivity contribution is 0.402. The Labute approximate surface area is 79.6 Å². The molecule has 1 heteroatoms. The van der Waals surface area contributed by atoms with E-state index < -0.39 is 0 Å². The van der Waals surface area contributed by atoms with E-state index in [0.29, 0.717) is 11.8 Å². The predicted molar refractivity (Wildman–Crippen MR) is 54.2 cm³/mol. The maximum absolute atomic E-state index is 6.00. The van der Waals surface area contributed by atoms with Crippen LogP contribution in [-0.4, -0.2) is 0 Å². The van der Waals surface area contributed by atoms with Gasteiger partial charge in [-0.25, -0.2) is 0 Å². The third kappa shape index (κ3) is 2.03. The van der Waals surface area contributed by atoms with E-state index >= 15 is 0 Å². The predicted octanol–water partition coefficient (Wildman–Crippen LogP) is 3.89. The van der Waals surface area contributed by atoms with Crippen molar-refractivity contribution in [3.05, 3.63) is 29.0 Å². The maximum Gasteiger partial charge on any atom is 0.0628 e. The molecule has 0 aromatic heterocycles. The smallest absolute Gasteiger partial charge is 0.0628 e. The molecule has 0 saturated carbocycles. The van der Waals surface area contributed by atoms with Crippen molar-refractivity contribution in [1.82, 2.24) is 0 Å². The SMILES string of the molecule is C=C=C(Cl)[C@H]1CC=C(C)C[C@@H]1C. The van der Waals surface area contributed by atoms with Crippen LogP contribution in [0.25, 0.3) is 0 Å². The van der Waals surface area contributed by atoms with E-state index in [4.69, 9.17) is 11.6 Å². The average Bonchev–Trinajstić information content (AvgIpc) is 2.03. The molecule has 0 fully saturated rings. The molecule has 0 heterocycles. The van der Waals surface area contributed by atoms with Crippen LogP contribution in [0.15, 0.2) is 29.0 Å². The summed E-state index contributed by atoms with van der Waals surface area (Å²) >= 11 is 6.00. The van der Waals surface area contributed by atoms with Crippen LogP contribution in [0.1, 0.15) is 26.7 Å². The summed E-state index contributed by atoms with van der Waals surface area (Å²) in [7, 11) is 0. The van der Waals surface area contributed by atoms with Crippen molar-refractivity contribution in [3.63, 3.8) is 0 Å². The number of allylic oxidation sites excluding steroid dienone is 3. The van der Waals surface area contributed by atoms with E-state index in [1.807, 2.05) is 0 Å². The van der Waals surface area contributed by atoms with Gasteiger partial charge in [-0.15, -0.1) is 5.73 Å². The van der Waals surface area contributed by atoms with Crippen LogP contribution in [0.4, 0.5) is 0 Å². The fraction of sp³-hybridized carbons (Fsp3) is 0.545. The van der Waals surface area contributed by atoms with Gasteiger partial charge in [-0.3, -0.25) is 0 Å². The highest BCUT2D eigenvalue weighted by atomic mass is 35.5. The molecule has 0 saturated heterocycles. The van der Waals surface area contributed by atoms with Crippen molar-refractivity contribution in [2.45, 2.75) is 26.7 Å². The maximum atomic E-state index is 6.00. The van der Waals surface area contributed by atoms with Crippen molar-refractivity contribution in [1.29, 1.82) is 0 Å².